The number of benzene rings is 2. The molecule has 0 unspecified atom stereocenters. The summed E-state index contributed by atoms with van der Waals surface area (Å²) in [4.78, 5) is 24.8. The third kappa shape index (κ3) is 4.48. The second kappa shape index (κ2) is 7.23. The lowest BCUT2D eigenvalue weighted by Crippen LogP contribution is -2.13. The summed E-state index contributed by atoms with van der Waals surface area (Å²) < 4.78 is 5.75. The van der Waals surface area contributed by atoms with E-state index in [9.17, 15) is 14.7 Å². The highest BCUT2D eigenvalue weighted by Crippen LogP contribution is 2.25. The van der Waals surface area contributed by atoms with Gasteiger partial charge in [0.2, 0.25) is 11.8 Å². The van der Waals surface area contributed by atoms with Gasteiger partial charge in [0.25, 0.3) is 0 Å². The molecular weight excluding hydrogens is 340 g/mol. The molecule has 0 saturated heterocycles. The molecule has 0 radical (unpaired) electrons. The van der Waals surface area contributed by atoms with Gasteiger partial charge in [0.1, 0.15) is 11.5 Å². The molecule has 0 saturated carbocycles. The van der Waals surface area contributed by atoms with Gasteiger partial charge in [-0.2, -0.15) is 0 Å². The minimum Gasteiger partial charge on any atom is -0.494 e. The Labute approximate surface area is 147 Å². The van der Waals surface area contributed by atoms with Crippen molar-refractivity contribution < 1.29 is 14.6 Å². The standard InChI is InChI=1S/C18H16N2O4S/c19-16(21)10-12-3-7-14(8-4-12)24-13-5-1-11(2-6-13)9-15-17(22)20-18(23)25-15/h1-8,22H,9-10H2,(H2,19,21)(H,20,23). The Balaban J connectivity index is 1.65. The molecule has 4 N–H and O–H groups in total. The quantitative estimate of drug-likeness (QED) is 0.631. The average Bonchev–Trinajstić information content (AvgIpc) is 2.88. The molecule has 128 valence electrons. The Bertz CT molecular complexity index is 927. The van der Waals surface area contributed by atoms with Gasteiger partial charge in [-0.05, 0) is 35.4 Å². The van der Waals surface area contributed by atoms with Crippen molar-refractivity contribution in [1.29, 1.82) is 0 Å². The first-order chi connectivity index (χ1) is 12.0. The van der Waals surface area contributed by atoms with E-state index in [-0.39, 0.29) is 23.1 Å². The summed E-state index contributed by atoms with van der Waals surface area (Å²) in [5, 5.41) is 9.62. The van der Waals surface area contributed by atoms with Crippen molar-refractivity contribution in [2.24, 2.45) is 5.73 Å². The van der Waals surface area contributed by atoms with Crippen LogP contribution >= 0.6 is 11.3 Å². The molecule has 7 heteroatoms. The summed E-state index contributed by atoms with van der Waals surface area (Å²) in [5.74, 6) is 0.870. The van der Waals surface area contributed by atoms with E-state index in [4.69, 9.17) is 10.5 Å². The maximum absolute atomic E-state index is 11.2. The normalized spacial score (nSPS) is 10.6. The van der Waals surface area contributed by atoms with E-state index in [1.54, 1.807) is 24.3 Å². The number of nitrogens with two attached hydrogens (primary N) is 1. The Morgan fingerprint density at radius 1 is 1.04 bits per heavy atom. The van der Waals surface area contributed by atoms with E-state index in [2.05, 4.69) is 4.98 Å². The van der Waals surface area contributed by atoms with Crippen LogP contribution in [0.1, 0.15) is 16.0 Å². The average molecular weight is 356 g/mol. The van der Waals surface area contributed by atoms with Crippen molar-refractivity contribution in [3.05, 3.63) is 74.2 Å². The lowest BCUT2D eigenvalue weighted by Gasteiger charge is -2.07. The Morgan fingerprint density at radius 2 is 1.60 bits per heavy atom. The van der Waals surface area contributed by atoms with Gasteiger partial charge in [-0.15, -0.1) is 0 Å². The summed E-state index contributed by atoms with van der Waals surface area (Å²) in [6.07, 6.45) is 0.671. The number of H-pyrrole nitrogens is 1. The van der Waals surface area contributed by atoms with Gasteiger partial charge < -0.3 is 15.6 Å². The Morgan fingerprint density at radius 3 is 2.08 bits per heavy atom. The van der Waals surface area contributed by atoms with E-state index in [1.807, 2.05) is 24.3 Å². The van der Waals surface area contributed by atoms with Gasteiger partial charge in [0.05, 0.1) is 11.3 Å². The molecular formula is C18H16N2O4S. The molecule has 3 rings (SSSR count). The molecule has 6 nitrogen and oxygen atoms in total. The Kier molecular flexibility index (Phi) is 4.85. The van der Waals surface area contributed by atoms with Crippen molar-refractivity contribution >= 4 is 17.2 Å². The number of primary amides is 1. The summed E-state index contributed by atoms with van der Waals surface area (Å²) in [6, 6.07) is 14.5. The number of aromatic nitrogens is 1. The first-order valence-corrected chi connectivity index (χ1v) is 8.36. The van der Waals surface area contributed by atoms with Gasteiger partial charge in [-0.1, -0.05) is 35.6 Å². The molecule has 1 aromatic heterocycles. The highest BCUT2D eigenvalue weighted by Gasteiger charge is 2.08. The summed E-state index contributed by atoms with van der Waals surface area (Å²) in [5.41, 5.74) is 6.95. The van der Waals surface area contributed by atoms with Crippen LogP contribution in [0.4, 0.5) is 0 Å². The van der Waals surface area contributed by atoms with Gasteiger partial charge in [0, 0.05) is 6.42 Å². The van der Waals surface area contributed by atoms with E-state index >= 15 is 0 Å². The summed E-state index contributed by atoms with van der Waals surface area (Å²) in [6.45, 7) is 0. The van der Waals surface area contributed by atoms with E-state index in [0.717, 1.165) is 22.5 Å². The van der Waals surface area contributed by atoms with Gasteiger partial charge in [-0.25, -0.2) is 0 Å². The van der Waals surface area contributed by atoms with Crippen LogP contribution in [0.3, 0.4) is 0 Å². The van der Waals surface area contributed by atoms with Crippen LogP contribution in [0.2, 0.25) is 0 Å². The number of thiazole rings is 1. The zero-order valence-electron chi connectivity index (χ0n) is 13.2. The molecule has 1 amide bonds. The number of hydrogen-bond donors (Lipinski definition) is 3. The molecule has 25 heavy (non-hydrogen) atoms. The number of ether oxygens (including phenoxy) is 1. The van der Waals surface area contributed by atoms with Gasteiger partial charge in [-0.3, -0.25) is 14.6 Å². The third-order valence-corrected chi connectivity index (χ3v) is 4.40. The first kappa shape index (κ1) is 16.8. The van der Waals surface area contributed by atoms with Crippen LogP contribution in [0, 0.1) is 0 Å². The van der Waals surface area contributed by atoms with Crippen LogP contribution in [-0.4, -0.2) is 16.0 Å². The number of aromatic hydroxyl groups is 1. The number of hydrogen-bond acceptors (Lipinski definition) is 5. The highest BCUT2D eigenvalue weighted by atomic mass is 32.1. The lowest BCUT2D eigenvalue weighted by molar-refractivity contribution is -0.117. The number of carbonyl (C=O) groups excluding carboxylic acids is 1. The van der Waals surface area contributed by atoms with Crippen molar-refractivity contribution in [2.45, 2.75) is 12.8 Å². The van der Waals surface area contributed by atoms with Crippen LogP contribution in [0.5, 0.6) is 17.4 Å². The van der Waals surface area contributed by atoms with Crippen molar-refractivity contribution in [2.75, 3.05) is 0 Å². The molecule has 0 aliphatic carbocycles. The fraction of sp³-hybridized carbons (Fsp3) is 0.111. The zero-order chi connectivity index (χ0) is 17.8. The lowest BCUT2D eigenvalue weighted by atomic mass is 10.1. The summed E-state index contributed by atoms with van der Waals surface area (Å²) in [7, 11) is 0. The number of aromatic amines is 1. The largest absolute Gasteiger partial charge is 0.494 e. The number of nitrogens with one attached hydrogen (secondary N) is 1. The minimum atomic E-state index is -0.372. The third-order valence-electron chi connectivity index (χ3n) is 3.53. The van der Waals surface area contributed by atoms with Crippen LogP contribution in [0.25, 0.3) is 0 Å². The molecule has 0 atom stereocenters. The first-order valence-electron chi connectivity index (χ1n) is 7.54. The molecule has 0 aliphatic heterocycles. The van der Waals surface area contributed by atoms with E-state index in [1.165, 1.54) is 0 Å². The molecule has 2 aromatic carbocycles. The smallest absolute Gasteiger partial charge is 0.307 e. The number of rotatable bonds is 6. The topological polar surface area (TPSA) is 105 Å². The van der Waals surface area contributed by atoms with Crippen LogP contribution in [0.15, 0.2) is 53.3 Å². The fourth-order valence-corrected chi connectivity index (χ4v) is 3.10. The van der Waals surface area contributed by atoms with Gasteiger partial charge in [0.15, 0.2) is 0 Å². The fourth-order valence-electron chi connectivity index (χ4n) is 2.35. The number of amides is 1. The van der Waals surface area contributed by atoms with Gasteiger partial charge >= 0.3 is 4.87 Å². The van der Waals surface area contributed by atoms with E-state index in [0.29, 0.717) is 22.8 Å². The maximum Gasteiger partial charge on any atom is 0.307 e. The second-order valence-electron chi connectivity index (χ2n) is 5.50. The monoisotopic (exact) mass is 356 g/mol. The van der Waals surface area contributed by atoms with Crippen molar-refractivity contribution in [3.8, 4) is 17.4 Å². The molecule has 1 heterocycles. The van der Waals surface area contributed by atoms with E-state index < -0.39 is 0 Å². The summed E-state index contributed by atoms with van der Waals surface area (Å²) >= 11 is 0.996. The molecule has 0 bridgehead atoms. The van der Waals surface area contributed by atoms with Crippen molar-refractivity contribution in [1.82, 2.24) is 4.98 Å². The van der Waals surface area contributed by atoms with Crippen molar-refractivity contribution in [3.63, 3.8) is 0 Å². The molecule has 3 aromatic rings. The van der Waals surface area contributed by atoms with Crippen LogP contribution in [-0.2, 0) is 17.6 Å². The SMILES string of the molecule is NC(=O)Cc1ccc(Oc2ccc(Cc3sc(=O)[nH]c3O)cc2)cc1. The zero-order valence-corrected chi connectivity index (χ0v) is 14.0. The molecule has 0 fully saturated rings. The minimum absolute atomic E-state index is 0.0774. The predicted molar refractivity (Wildman–Crippen MR) is 95.3 cm³/mol. The molecule has 0 spiro atoms. The number of carbonyl (C=O) groups is 1. The maximum atomic E-state index is 11.2. The highest BCUT2D eigenvalue weighted by molar-refractivity contribution is 7.09. The molecule has 0 aliphatic rings. The Hall–Kier alpha value is -3.06. The van der Waals surface area contributed by atoms with Crippen LogP contribution < -0.4 is 15.3 Å². The predicted octanol–water partition coefficient (Wildman–Crippen LogP) is 2.55. The second-order valence-corrected chi connectivity index (χ2v) is 6.56.